The Kier molecular flexibility index (Phi) is 5.40. The molecule has 2 rings (SSSR count). The average Bonchev–Trinajstić information content (AvgIpc) is 2.65. The van der Waals surface area contributed by atoms with E-state index in [0.717, 1.165) is 6.42 Å². The van der Waals surface area contributed by atoms with Crippen LogP contribution in [0.5, 0.6) is 0 Å². The van der Waals surface area contributed by atoms with Crippen LogP contribution in [0.3, 0.4) is 0 Å². The molecule has 0 radical (unpaired) electrons. The van der Waals surface area contributed by atoms with Gasteiger partial charge in [-0.25, -0.2) is 13.1 Å². The highest BCUT2D eigenvalue weighted by molar-refractivity contribution is 7.89. The van der Waals surface area contributed by atoms with Gasteiger partial charge in [-0.3, -0.25) is 4.68 Å². The highest BCUT2D eigenvalue weighted by atomic mass is 32.2. The van der Waals surface area contributed by atoms with Crippen molar-refractivity contribution >= 4 is 10.0 Å². The first kappa shape index (κ1) is 16.5. The highest BCUT2D eigenvalue weighted by Gasteiger charge is 2.25. The molecule has 7 heteroatoms. The van der Waals surface area contributed by atoms with Gasteiger partial charge < -0.3 is 5.11 Å². The number of hydrogen-bond acceptors (Lipinski definition) is 4. The number of aryl methyl sites for hydroxylation is 2. The summed E-state index contributed by atoms with van der Waals surface area (Å²) in [6.07, 6.45) is 5.19. The fourth-order valence-electron chi connectivity index (χ4n) is 2.76. The lowest BCUT2D eigenvalue weighted by atomic mass is 9.83. The van der Waals surface area contributed by atoms with Crippen LogP contribution in [0.4, 0.5) is 0 Å². The molecule has 21 heavy (non-hydrogen) atoms. The maximum absolute atomic E-state index is 12.4. The smallest absolute Gasteiger partial charge is 0.244 e. The van der Waals surface area contributed by atoms with Crippen molar-refractivity contribution in [2.45, 2.75) is 57.4 Å². The Morgan fingerprint density at radius 2 is 2.10 bits per heavy atom. The molecule has 0 saturated heterocycles. The Hall–Kier alpha value is -0.920. The summed E-state index contributed by atoms with van der Waals surface area (Å²) in [6.45, 7) is 4.56. The third kappa shape index (κ3) is 3.84. The molecule has 1 aliphatic rings. The summed E-state index contributed by atoms with van der Waals surface area (Å²) in [5, 5.41) is 13.2. The standard InChI is InChI=1S/C14H25N3O3S/c1-11-14(12(2)17(16-11)9-4-10-18)21(19,20)15-8-7-13-5-3-6-13/h13,15,18H,3-10H2,1-2H3. The molecule has 0 bridgehead atoms. The predicted octanol–water partition coefficient (Wildman–Crippen LogP) is 1.35. The van der Waals surface area contributed by atoms with Crippen LogP contribution in [0.2, 0.25) is 0 Å². The Balaban J connectivity index is 2.05. The number of aliphatic hydroxyl groups excluding tert-OH is 1. The number of nitrogens with one attached hydrogen (secondary N) is 1. The first-order chi connectivity index (χ1) is 9.95. The first-order valence-electron chi connectivity index (χ1n) is 7.60. The van der Waals surface area contributed by atoms with E-state index >= 15 is 0 Å². The van der Waals surface area contributed by atoms with Gasteiger partial charge >= 0.3 is 0 Å². The topological polar surface area (TPSA) is 84.2 Å². The zero-order valence-corrected chi connectivity index (χ0v) is 13.6. The fraction of sp³-hybridized carbons (Fsp3) is 0.786. The van der Waals surface area contributed by atoms with E-state index in [4.69, 9.17) is 5.11 Å². The molecule has 0 aromatic carbocycles. The van der Waals surface area contributed by atoms with E-state index in [1.54, 1.807) is 18.5 Å². The highest BCUT2D eigenvalue weighted by Crippen LogP contribution is 2.29. The van der Waals surface area contributed by atoms with Crippen LogP contribution in [0.15, 0.2) is 4.90 Å². The van der Waals surface area contributed by atoms with Crippen molar-refractivity contribution in [2.75, 3.05) is 13.2 Å². The van der Waals surface area contributed by atoms with E-state index in [-0.39, 0.29) is 11.5 Å². The Bertz CT molecular complexity index is 577. The molecule has 120 valence electrons. The van der Waals surface area contributed by atoms with Crippen molar-refractivity contribution < 1.29 is 13.5 Å². The van der Waals surface area contributed by atoms with E-state index in [0.29, 0.717) is 36.8 Å². The van der Waals surface area contributed by atoms with Gasteiger partial charge in [-0.1, -0.05) is 19.3 Å². The van der Waals surface area contributed by atoms with Crippen LogP contribution in [0, 0.1) is 19.8 Å². The molecule has 0 amide bonds. The number of sulfonamides is 1. The van der Waals surface area contributed by atoms with Crippen molar-refractivity contribution in [1.82, 2.24) is 14.5 Å². The SMILES string of the molecule is Cc1nn(CCCO)c(C)c1S(=O)(=O)NCCC1CCC1. The van der Waals surface area contributed by atoms with E-state index < -0.39 is 10.0 Å². The van der Waals surface area contributed by atoms with Crippen molar-refractivity contribution in [1.29, 1.82) is 0 Å². The van der Waals surface area contributed by atoms with Gasteiger partial charge in [-0.05, 0) is 32.6 Å². The Labute approximate surface area is 126 Å². The lowest BCUT2D eigenvalue weighted by Gasteiger charge is -2.25. The summed E-state index contributed by atoms with van der Waals surface area (Å²) in [6, 6.07) is 0. The zero-order chi connectivity index (χ0) is 15.5. The molecule has 1 heterocycles. The molecule has 1 fully saturated rings. The van der Waals surface area contributed by atoms with Crippen molar-refractivity contribution in [3.05, 3.63) is 11.4 Å². The third-order valence-corrected chi connectivity index (χ3v) is 5.89. The minimum absolute atomic E-state index is 0.0695. The van der Waals surface area contributed by atoms with Crippen LogP contribution in [-0.2, 0) is 16.6 Å². The summed E-state index contributed by atoms with van der Waals surface area (Å²) in [4.78, 5) is 0.286. The van der Waals surface area contributed by atoms with E-state index in [1.165, 1.54) is 19.3 Å². The summed E-state index contributed by atoms with van der Waals surface area (Å²) in [5.41, 5.74) is 1.15. The number of aromatic nitrogens is 2. The van der Waals surface area contributed by atoms with Crippen LogP contribution >= 0.6 is 0 Å². The number of rotatable bonds is 8. The van der Waals surface area contributed by atoms with Gasteiger partial charge in [0.2, 0.25) is 10.0 Å². The average molecular weight is 315 g/mol. The molecule has 1 aliphatic carbocycles. The van der Waals surface area contributed by atoms with E-state index in [1.807, 2.05) is 0 Å². The lowest BCUT2D eigenvalue weighted by Crippen LogP contribution is -2.28. The van der Waals surface area contributed by atoms with E-state index in [9.17, 15) is 8.42 Å². The second kappa shape index (κ2) is 6.89. The van der Waals surface area contributed by atoms with Gasteiger partial charge in [-0.2, -0.15) is 5.10 Å². The molecule has 1 aromatic heterocycles. The fourth-order valence-corrected chi connectivity index (χ4v) is 4.21. The summed E-state index contributed by atoms with van der Waals surface area (Å²) in [7, 11) is -3.50. The normalized spacial score (nSPS) is 16.1. The van der Waals surface area contributed by atoms with Gasteiger partial charge in [-0.15, -0.1) is 0 Å². The monoisotopic (exact) mass is 315 g/mol. The molecule has 0 spiro atoms. The quantitative estimate of drug-likeness (QED) is 0.758. The zero-order valence-electron chi connectivity index (χ0n) is 12.8. The first-order valence-corrected chi connectivity index (χ1v) is 9.08. The number of hydrogen-bond donors (Lipinski definition) is 2. The summed E-state index contributed by atoms with van der Waals surface area (Å²) < 4.78 is 29.2. The Morgan fingerprint density at radius 1 is 1.38 bits per heavy atom. The van der Waals surface area contributed by atoms with Gasteiger partial charge in [0.15, 0.2) is 0 Å². The molecule has 0 aliphatic heterocycles. The second-order valence-corrected chi connectivity index (χ2v) is 7.49. The van der Waals surface area contributed by atoms with Gasteiger partial charge in [0.05, 0.1) is 11.4 Å². The molecule has 0 atom stereocenters. The molecule has 6 nitrogen and oxygen atoms in total. The van der Waals surface area contributed by atoms with Crippen LogP contribution in [0.1, 0.15) is 43.5 Å². The number of nitrogens with zero attached hydrogens (tertiary/aromatic N) is 2. The molecular formula is C14H25N3O3S. The van der Waals surface area contributed by atoms with Crippen molar-refractivity contribution in [2.24, 2.45) is 5.92 Å². The second-order valence-electron chi connectivity index (χ2n) is 5.78. The van der Waals surface area contributed by atoms with Crippen molar-refractivity contribution in [3.8, 4) is 0 Å². The molecule has 0 unspecified atom stereocenters. The Morgan fingerprint density at radius 3 is 2.67 bits per heavy atom. The predicted molar refractivity (Wildman–Crippen MR) is 80.6 cm³/mol. The third-order valence-electron chi connectivity index (χ3n) is 4.18. The molecule has 2 N–H and O–H groups in total. The minimum Gasteiger partial charge on any atom is -0.396 e. The maximum atomic E-state index is 12.4. The maximum Gasteiger partial charge on any atom is 0.244 e. The van der Waals surface area contributed by atoms with Gasteiger partial charge in [0.1, 0.15) is 4.90 Å². The minimum atomic E-state index is -3.50. The molecule has 1 saturated carbocycles. The summed E-state index contributed by atoms with van der Waals surface area (Å²) >= 11 is 0. The van der Waals surface area contributed by atoms with Crippen molar-refractivity contribution in [3.63, 3.8) is 0 Å². The largest absolute Gasteiger partial charge is 0.396 e. The van der Waals surface area contributed by atoms with Crippen LogP contribution in [-0.4, -0.2) is 36.5 Å². The van der Waals surface area contributed by atoms with Gasteiger partial charge in [0.25, 0.3) is 0 Å². The van der Waals surface area contributed by atoms with Crippen LogP contribution < -0.4 is 4.72 Å². The van der Waals surface area contributed by atoms with E-state index in [2.05, 4.69) is 9.82 Å². The summed E-state index contributed by atoms with van der Waals surface area (Å²) in [5.74, 6) is 0.683. The number of aliphatic hydroxyl groups is 1. The van der Waals surface area contributed by atoms with Crippen LogP contribution in [0.25, 0.3) is 0 Å². The molecular weight excluding hydrogens is 290 g/mol. The molecule has 1 aromatic rings. The van der Waals surface area contributed by atoms with Gasteiger partial charge in [0, 0.05) is 19.7 Å². The lowest BCUT2D eigenvalue weighted by molar-refractivity contribution is 0.276.